The van der Waals surface area contributed by atoms with Crippen LogP contribution in [0.3, 0.4) is 0 Å². The minimum atomic E-state index is -4.06. The fourth-order valence-electron chi connectivity index (χ4n) is 2.21. The Balaban J connectivity index is 2.10. The van der Waals surface area contributed by atoms with E-state index in [1.807, 2.05) is 0 Å². The molecule has 0 unspecified atom stereocenters. The van der Waals surface area contributed by atoms with E-state index < -0.39 is 20.6 Å². The second-order valence-electron chi connectivity index (χ2n) is 5.41. The molecule has 2 rings (SSSR count). The van der Waals surface area contributed by atoms with Gasteiger partial charge in [0.1, 0.15) is 5.75 Å². The Labute approximate surface area is 146 Å². The molecule has 0 saturated carbocycles. The number of unbranched alkanes of at least 4 members (excludes halogenated alkanes) is 2. The van der Waals surface area contributed by atoms with Gasteiger partial charge in [-0.05, 0) is 36.8 Å². The van der Waals surface area contributed by atoms with E-state index in [2.05, 4.69) is 11.6 Å². The first-order valence-corrected chi connectivity index (χ1v) is 9.41. The maximum Gasteiger partial charge on any atom is 0.289 e. The van der Waals surface area contributed by atoms with Crippen molar-refractivity contribution in [1.29, 1.82) is 0 Å². The molecule has 0 aliphatic heterocycles. The number of nitrogens with zero attached hydrogens (tertiary/aromatic N) is 1. The van der Waals surface area contributed by atoms with Crippen LogP contribution < -0.4 is 9.46 Å². The van der Waals surface area contributed by atoms with Crippen LogP contribution in [0.25, 0.3) is 0 Å². The Hall–Kier alpha value is -2.61. The first-order chi connectivity index (χ1) is 11.9. The van der Waals surface area contributed by atoms with Crippen LogP contribution in [-0.2, 0) is 10.0 Å². The maximum absolute atomic E-state index is 12.4. The fourth-order valence-corrected chi connectivity index (χ4v) is 3.44. The highest BCUT2D eigenvalue weighted by Crippen LogP contribution is 2.26. The first kappa shape index (κ1) is 18.7. The zero-order chi connectivity index (χ0) is 18.3. The van der Waals surface area contributed by atoms with E-state index in [-0.39, 0.29) is 4.90 Å². The van der Waals surface area contributed by atoms with Gasteiger partial charge in [-0.25, -0.2) is 8.42 Å². The van der Waals surface area contributed by atoms with E-state index >= 15 is 0 Å². The van der Waals surface area contributed by atoms with E-state index in [1.165, 1.54) is 18.2 Å². The number of anilines is 1. The van der Waals surface area contributed by atoms with Gasteiger partial charge >= 0.3 is 0 Å². The molecule has 1 N–H and O–H groups in total. The van der Waals surface area contributed by atoms with Crippen LogP contribution in [0.15, 0.2) is 53.4 Å². The van der Waals surface area contributed by atoms with E-state index in [9.17, 15) is 18.5 Å². The van der Waals surface area contributed by atoms with Gasteiger partial charge in [-0.15, -0.1) is 0 Å². The summed E-state index contributed by atoms with van der Waals surface area (Å²) in [5, 5.41) is 11.0. The van der Waals surface area contributed by atoms with Crippen molar-refractivity contribution in [3.8, 4) is 5.75 Å². The molecule has 0 bridgehead atoms. The Morgan fingerprint density at radius 3 is 2.40 bits per heavy atom. The maximum atomic E-state index is 12.4. The van der Waals surface area contributed by atoms with Crippen LogP contribution in [0.5, 0.6) is 5.75 Å². The molecule has 0 fully saturated rings. The minimum absolute atomic E-state index is 0.305. The third-order valence-corrected chi connectivity index (χ3v) is 4.90. The highest BCUT2D eigenvalue weighted by molar-refractivity contribution is 7.92. The van der Waals surface area contributed by atoms with Gasteiger partial charge in [-0.1, -0.05) is 31.9 Å². The third kappa shape index (κ3) is 5.18. The summed E-state index contributed by atoms with van der Waals surface area (Å²) in [6, 6.07) is 11.6. The summed E-state index contributed by atoms with van der Waals surface area (Å²) in [4.78, 5) is 9.91. The quantitative estimate of drug-likeness (QED) is 0.412. The summed E-state index contributed by atoms with van der Waals surface area (Å²) in [6.45, 7) is 2.72. The summed E-state index contributed by atoms with van der Waals surface area (Å²) < 4.78 is 32.7. The van der Waals surface area contributed by atoms with Crippen molar-refractivity contribution < 1.29 is 18.1 Å². The van der Waals surface area contributed by atoms with Gasteiger partial charge in [0.2, 0.25) is 0 Å². The largest absolute Gasteiger partial charge is 0.494 e. The molecule has 0 atom stereocenters. The van der Waals surface area contributed by atoms with E-state index in [0.29, 0.717) is 18.0 Å². The van der Waals surface area contributed by atoms with Crippen molar-refractivity contribution >= 4 is 21.4 Å². The Morgan fingerprint density at radius 2 is 1.76 bits per heavy atom. The number of sulfonamides is 1. The zero-order valence-electron chi connectivity index (χ0n) is 13.8. The number of hydrogen-bond donors (Lipinski definition) is 1. The summed E-state index contributed by atoms with van der Waals surface area (Å²) >= 11 is 0. The Morgan fingerprint density at radius 1 is 1.08 bits per heavy atom. The molecule has 0 aliphatic carbocycles. The van der Waals surface area contributed by atoms with Crippen LogP contribution in [0.1, 0.15) is 26.2 Å². The molecule has 2 aromatic rings. The SMILES string of the molecule is CCCCCOc1ccc(NS(=O)(=O)c2ccccc2[N+](=O)[O-])cc1. The van der Waals surface area contributed by atoms with Gasteiger partial charge in [0.05, 0.1) is 11.5 Å². The molecular formula is C17H20N2O5S. The predicted octanol–water partition coefficient (Wildman–Crippen LogP) is 3.96. The molecule has 0 saturated heterocycles. The van der Waals surface area contributed by atoms with Crippen molar-refractivity contribution in [2.24, 2.45) is 0 Å². The van der Waals surface area contributed by atoms with Gasteiger partial charge in [-0.3, -0.25) is 14.8 Å². The third-order valence-electron chi connectivity index (χ3n) is 3.47. The minimum Gasteiger partial charge on any atom is -0.494 e. The topological polar surface area (TPSA) is 98.5 Å². The van der Waals surface area contributed by atoms with Crippen molar-refractivity contribution in [3.63, 3.8) is 0 Å². The molecule has 0 amide bonds. The van der Waals surface area contributed by atoms with Crippen LogP contribution >= 0.6 is 0 Å². The summed E-state index contributed by atoms with van der Waals surface area (Å²) in [6.07, 6.45) is 3.16. The highest BCUT2D eigenvalue weighted by atomic mass is 32.2. The molecule has 0 aliphatic rings. The number of rotatable bonds is 9. The monoisotopic (exact) mass is 364 g/mol. The van der Waals surface area contributed by atoms with Crippen LogP contribution in [0.2, 0.25) is 0 Å². The second kappa shape index (κ2) is 8.48. The van der Waals surface area contributed by atoms with Gasteiger partial charge in [0, 0.05) is 11.8 Å². The van der Waals surface area contributed by atoms with Crippen LogP contribution in [-0.4, -0.2) is 19.9 Å². The number of nitrogens with one attached hydrogen (secondary N) is 1. The Bertz CT molecular complexity index is 819. The number of nitro groups is 1. The van der Waals surface area contributed by atoms with Crippen molar-refractivity contribution in [1.82, 2.24) is 0 Å². The molecule has 0 aromatic heterocycles. The number of hydrogen-bond acceptors (Lipinski definition) is 5. The molecule has 8 heteroatoms. The predicted molar refractivity (Wildman–Crippen MR) is 95.4 cm³/mol. The van der Waals surface area contributed by atoms with E-state index in [1.54, 1.807) is 24.3 Å². The lowest BCUT2D eigenvalue weighted by Gasteiger charge is -2.10. The lowest BCUT2D eigenvalue weighted by Crippen LogP contribution is -2.14. The molecule has 134 valence electrons. The average molecular weight is 364 g/mol. The second-order valence-corrected chi connectivity index (χ2v) is 7.06. The fraction of sp³-hybridized carbons (Fsp3) is 0.294. The molecular weight excluding hydrogens is 344 g/mol. The van der Waals surface area contributed by atoms with Gasteiger partial charge in [-0.2, -0.15) is 0 Å². The van der Waals surface area contributed by atoms with E-state index in [0.717, 1.165) is 25.3 Å². The number of para-hydroxylation sites is 1. The lowest BCUT2D eigenvalue weighted by molar-refractivity contribution is -0.387. The molecule has 0 spiro atoms. The average Bonchev–Trinajstić information content (AvgIpc) is 2.60. The summed E-state index contributed by atoms with van der Waals surface area (Å²) in [5.41, 5.74) is -0.162. The molecule has 0 radical (unpaired) electrons. The van der Waals surface area contributed by atoms with Crippen molar-refractivity contribution in [3.05, 3.63) is 58.6 Å². The van der Waals surface area contributed by atoms with Crippen LogP contribution in [0, 0.1) is 10.1 Å². The van der Waals surface area contributed by atoms with Crippen molar-refractivity contribution in [2.75, 3.05) is 11.3 Å². The van der Waals surface area contributed by atoms with Gasteiger partial charge in [0.15, 0.2) is 4.90 Å². The van der Waals surface area contributed by atoms with Crippen molar-refractivity contribution in [2.45, 2.75) is 31.1 Å². The molecule has 25 heavy (non-hydrogen) atoms. The normalized spacial score (nSPS) is 11.1. The first-order valence-electron chi connectivity index (χ1n) is 7.93. The number of nitro benzene ring substituents is 1. The van der Waals surface area contributed by atoms with E-state index in [4.69, 9.17) is 4.74 Å². The molecule has 7 nitrogen and oxygen atoms in total. The smallest absolute Gasteiger partial charge is 0.289 e. The zero-order valence-corrected chi connectivity index (χ0v) is 14.7. The van der Waals surface area contributed by atoms with Crippen LogP contribution in [0.4, 0.5) is 11.4 Å². The summed E-state index contributed by atoms with van der Waals surface area (Å²) in [7, 11) is -4.06. The lowest BCUT2D eigenvalue weighted by atomic mass is 10.2. The van der Waals surface area contributed by atoms with Gasteiger partial charge in [0.25, 0.3) is 15.7 Å². The molecule has 0 heterocycles. The number of benzene rings is 2. The standard InChI is InChI=1S/C17H20N2O5S/c1-2-3-6-13-24-15-11-9-14(10-12-15)18-25(22,23)17-8-5-4-7-16(17)19(20)21/h4-5,7-12,18H,2-3,6,13H2,1H3. The Kier molecular flexibility index (Phi) is 6.35. The summed E-state index contributed by atoms with van der Waals surface area (Å²) in [5.74, 6) is 0.643. The molecule has 2 aromatic carbocycles. The van der Waals surface area contributed by atoms with Gasteiger partial charge < -0.3 is 4.74 Å². The number of ether oxygens (including phenoxy) is 1. The highest BCUT2D eigenvalue weighted by Gasteiger charge is 2.25.